The van der Waals surface area contributed by atoms with Crippen LogP contribution in [0, 0.1) is 0 Å². The SMILES string of the molecule is CCn1c2ccccc2c2nnc(N/N=C/c3cccc(Br)c3)nc21. The number of aromatic nitrogens is 4. The van der Waals surface area contributed by atoms with E-state index in [-0.39, 0.29) is 0 Å². The minimum absolute atomic E-state index is 0.372. The average molecular weight is 395 g/mol. The van der Waals surface area contributed by atoms with Crippen LogP contribution in [-0.2, 0) is 6.54 Å². The van der Waals surface area contributed by atoms with Gasteiger partial charge >= 0.3 is 0 Å². The lowest BCUT2D eigenvalue weighted by Crippen LogP contribution is -2.02. The van der Waals surface area contributed by atoms with E-state index in [2.05, 4.69) is 59.2 Å². The zero-order valence-corrected chi connectivity index (χ0v) is 15.1. The molecule has 0 amide bonds. The molecule has 2 aromatic heterocycles. The van der Waals surface area contributed by atoms with Gasteiger partial charge in [-0.2, -0.15) is 10.1 Å². The van der Waals surface area contributed by atoms with Crippen LogP contribution in [0.15, 0.2) is 58.1 Å². The lowest BCUT2D eigenvalue weighted by Gasteiger charge is -2.02. The Morgan fingerprint density at radius 2 is 2.04 bits per heavy atom. The van der Waals surface area contributed by atoms with Gasteiger partial charge in [0, 0.05) is 16.4 Å². The molecule has 0 bridgehead atoms. The summed E-state index contributed by atoms with van der Waals surface area (Å²) in [5, 5.41) is 13.7. The van der Waals surface area contributed by atoms with Gasteiger partial charge in [0.05, 0.1) is 11.7 Å². The second kappa shape index (κ2) is 6.60. The standard InChI is InChI=1S/C18H15BrN6/c1-2-25-15-9-4-3-8-14(15)16-17(25)21-18(24-22-16)23-20-11-12-6-5-7-13(19)10-12/h3-11H,2H2,1H3,(H,21,23,24)/b20-11+. The summed E-state index contributed by atoms with van der Waals surface area (Å²) < 4.78 is 3.13. The van der Waals surface area contributed by atoms with Gasteiger partial charge in [0.2, 0.25) is 0 Å². The topological polar surface area (TPSA) is 68.0 Å². The highest BCUT2D eigenvalue weighted by atomic mass is 79.9. The van der Waals surface area contributed by atoms with Crippen molar-refractivity contribution in [1.82, 2.24) is 19.7 Å². The fourth-order valence-electron chi connectivity index (χ4n) is 2.82. The van der Waals surface area contributed by atoms with Crippen molar-refractivity contribution in [2.75, 3.05) is 5.43 Å². The number of nitrogens with one attached hydrogen (secondary N) is 1. The van der Waals surface area contributed by atoms with Gasteiger partial charge in [0.15, 0.2) is 5.65 Å². The first-order valence-corrected chi connectivity index (χ1v) is 8.72. The van der Waals surface area contributed by atoms with Crippen LogP contribution in [0.2, 0.25) is 0 Å². The summed E-state index contributed by atoms with van der Waals surface area (Å²) in [6, 6.07) is 16.0. The number of hydrogen-bond donors (Lipinski definition) is 1. The lowest BCUT2D eigenvalue weighted by molar-refractivity contribution is 0.811. The van der Waals surface area contributed by atoms with E-state index in [4.69, 9.17) is 0 Å². The summed E-state index contributed by atoms with van der Waals surface area (Å²) in [6.45, 7) is 2.90. The largest absolute Gasteiger partial charge is 0.324 e. The van der Waals surface area contributed by atoms with E-state index in [9.17, 15) is 0 Å². The summed E-state index contributed by atoms with van der Waals surface area (Å²) in [5.74, 6) is 0.372. The monoisotopic (exact) mass is 394 g/mol. The van der Waals surface area contributed by atoms with E-state index in [1.807, 2.05) is 42.5 Å². The van der Waals surface area contributed by atoms with Gasteiger partial charge in [0.1, 0.15) is 5.52 Å². The van der Waals surface area contributed by atoms with Gasteiger partial charge in [-0.1, -0.05) is 46.3 Å². The third-order valence-electron chi connectivity index (χ3n) is 3.92. The molecule has 2 aromatic carbocycles. The molecule has 0 atom stereocenters. The Bertz CT molecular complexity index is 1090. The Morgan fingerprint density at radius 1 is 1.16 bits per heavy atom. The summed E-state index contributed by atoms with van der Waals surface area (Å²) in [7, 11) is 0. The zero-order chi connectivity index (χ0) is 17.2. The Balaban J connectivity index is 1.68. The number of rotatable bonds is 4. The molecule has 0 radical (unpaired) electrons. The van der Waals surface area contributed by atoms with E-state index >= 15 is 0 Å². The van der Waals surface area contributed by atoms with Crippen LogP contribution in [0.1, 0.15) is 12.5 Å². The average Bonchev–Trinajstić information content (AvgIpc) is 2.95. The van der Waals surface area contributed by atoms with Crippen molar-refractivity contribution in [2.24, 2.45) is 5.10 Å². The number of aryl methyl sites for hydroxylation is 1. The molecule has 0 fully saturated rings. The summed E-state index contributed by atoms with van der Waals surface area (Å²) in [5.41, 5.74) is 6.54. The van der Waals surface area contributed by atoms with Crippen LogP contribution < -0.4 is 5.43 Å². The number of hydrogen-bond acceptors (Lipinski definition) is 5. The second-order valence-corrected chi connectivity index (χ2v) is 6.41. The fourth-order valence-corrected chi connectivity index (χ4v) is 3.24. The van der Waals surface area contributed by atoms with Gasteiger partial charge < -0.3 is 4.57 Å². The molecule has 0 aliphatic carbocycles. The van der Waals surface area contributed by atoms with Gasteiger partial charge in [-0.05, 0) is 30.7 Å². The van der Waals surface area contributed by atoms with Gasteiger partial charge in [-0.3, -0.25) is 0 Å². The molecule has 0 aliphatic rings. The molecule has 7 heteroatoms. The number of benzene rings is 2. The van der Waals surface area contributed by atoms with Gasteiger partial charge in [0.25, 0.3) is 5.95 Å². The molecule has 2 heterocycles. The fraction of sp³-hybridized carbons (Fsp3) is 0.111. The third kappa shape index (κ3) is 2.98. The first kappa shape index (κ1) is 15.7. The maximum atomic E-state index is 4.59. The maximum Gasteiger partial charge on any atom is 0.265 e. The minimum atomic E-state index is 0.372. The molecule has 124 valence electrons. The predicted molar refractivity (Wildman–Crippen MR) is 104 cm³/mol. The molecule has 6 nitrogen and oxygen atoms in total. The van der Waals surface area contributed by atoms with Crippen LogP contribution >= 0.6 is 15.9 Å². The number of fused-ring (bicyclic) bond motifs is 3. The molecule has 1 N–H and O–H groups in total. The van der Waals surface area contributed by atoms with Crippen molar-refractivity contribution in [3.63, 3.8) is 0 Å². The van der Waals surface area contributed by atoms with Crippen LogP contribution in [-0.4, -0.2) is 26.0 Å². The predicted octanol–water partition coefficient (Wildman–Crippen LogP) is 4.21. The second-order valence-electron chi connectivity index (χ2n) is 5.49. The highest BCUT2D eigenvalue weighted by Gasteiger charge is 2.13. The van der Waals surface area contributed by atoms with Crippen molar-refractivity contribution in [3.8, 4) is 0 Å². The van der Waals surface area contributed by atoms with E-state index in [0.29, 0.717) is 5.95 Å². The van der Waals surface area contributed by atoms with Crippen LogP contribution in [0.25, 0.3) is 22.1 Å². The van der Waals surface area contributed by atoms with E-state index < -0.39 is 0 Å². The number of para-hydroxylation sites is 1. The minimum Gasteiger partial charge on any atom is -0.324 e. The van der Waals surface area contributed by atoms with Crippen LogP contribution in [0.3, 0.4) is 0 Å². The molecular formula is C18H15BrN6. The van der Waals surface area contributed by atoms with Crippen molar-refractivity contribution in [2.45, 2.75) is 13.5 Å². The van der Waals surface area contributed by atoms with E-state index in [1.54, 1.807) is 6.21 Å². The van der Waals surface area contributed by atoms with Gasteiger partial charge in [-0.25, -0.2) is 5.43 Å². The molecule has 0 aliphatic heterocycles. The first-order valence-electron chi connectivity index (χ1n) is 7.92. The van der Waals surface area contributed by atoms with E-state index in [0.717, 1.165) is 38.6 Å². The number of hydrazone groups is 1. The third-order valence-corrected chi connectivity index (χ3v) is 4.41. The maximum absolute atomic E-state index is 4.59. The van der Waals surface area contributed by atoms with Gasteiger partial charge in [-0.15, -0.1) is 10.2 Å². The Labute approximate surface area is 152 Å². The first-order chi connectivity index (χ1) is 12.3. The summed E-state index contributed by atoms with van der Waals surface area (Å²) in [4.78, 5) is 4.59. The highest BCUT2D eigenvalue weighted by Crippen LogP contribution is 2.26. The Hall–Kier alpha value is -2.80. The lowest BCUT2D eigenvalue weighted by atomic mass is 10.2. The normalized spacial score (nSPS) is 11.6. The summed E-state index contributed by atoms with van der Waals surface area (Å²) in [6.07, 6.45) is 1.72. The van der Waals surface area contributed by atoms with Crippen LogP contribution in [0.4, 0.5) is 5.95 Å². The number of nitrogens with zero attached hydrogens (tertiary/aromatic N) is 5. The molecule has 0 saturated carbocycles. The summed E-state index contributed by atoms with van der Waals surface area (Å²) >= 11 is 3.44. The van der Waals surface area contributed by atoms with Crippen molar-refractivity contribution in [1.29, 1.82) is 0 Å². The molecule has 0 unspecified atom stereocenters. The Morgan fingerprint density at radius 3 is 2.88 bits per heavy atom. The molecule has 25 heavy (non-hydrogen) atoms. The highest BCUT2D eigenvalue weighted by molar-refractivity contribution is 9.10. The molecule has 0 spiro atoms. The van der Waals surface area contributed by atoms with Crippen molar-refractivity contribution >= 4 is 50.2 Å². The smallest absolute Gasteiger partial charge is 0.265 e. The zero-order valence-electron chi connectivity index (χ0n) is 13.5. The quantitative estimate of drug-likeness (QED) is 0.415. The molecular weight excluding hydrogens is 380 g/mol. The van der Waals surface area contributed by atoms with Crippen molar-refractivity contribution < 1.29 is 0 Å². The number of halogens is 1. The van der Waals surface area contributed by atoms with E-state index in [1.165, 1.54) is 0 Å². The molecule has 0 saturated heterocycles. The van der Waals surface area contributed by atoms with Crippen molar-refractivity contribution in [3.05, 3.63) is 58.6 Å². The molecule has 4 aromatic rings. The number of anilines is 1. The molecule has 4 rings (SSSR count). The van der Waals surface area contributed by atoms with Crippen LogP contribution in [0.5, 0.6) is 0 Å². The Kier molecular flexibility index (Phi) is 4.15.